The van der Waals surface area contributed by atoms with E-state index in [1.54, 1.807) is 7.11 Å². The number of hydrogen-bond acceptors (Lipinski definition) is 3. The second kappa shape index (κ2) is 6.44. The number of methoxy groups -OCH3 is 1. The molecule has 0 spiro atoms. The van der Waals surface area contributed by atoms with E-state index in [4.69, 9.17) is 10.00 Å². The highest BCUT2D eigenvalue weighted by molar-refractivity contribution is 9.10. The van der Waals surface area contributed by atoms with E-state index in [1.807, 2.05) is 42.5 Å². The van der Waals surface area contributed by atoms with E-state index >= 15 is 0 Å². The molecule has 1 N–H and O–H groups in total. The van der Waals surface area contributed by atoms with Crippen molar-refractivity contribution in [3.63, 3.8) is 0 Å². The topological polar surface area (TPSA) is 45.0 Å². The normalized spacial score (nSPS) is 11.5. The van der Waals surface area contributed by atoms with Crippen LogP contribution in [0.1, 0.15) is 24.1 Å². The van der Waals surface area contributed by atoms with Crippen molar-refractivity contribution in [1.82, 2.24) is 0 Å². The summed E-state index contributed by atoms with van der Waals surface area (Å²) in [7, 11) is 1.65. The Kier molecular flexibility index (Phi) is 4.65. The van der Waals surface area contributed by atoms with Gasteiger partial charge in [-0.3, -0.25) is 0 Å². The number of rotatable bonds is 4. The molecule has 2 rings (SSSR count). The summed E-state index contributed by atoms with van der Waals surface area (Å²) in [4.78, 5) is 0. The fraction of sp³-hybridized carbons (Fsp3) is 0.188. The zero-order chi connectivity index (χ0) is 14.5. The van der Waals surface area contributed by atoms with Crippen molar-refractivity contribution in [2.45, 2.75) is 13.0 Å². The SMILES string of the molecule is COc1ccc(NC(C)c2ccc(C#N)cc2)cc1Br. The third-order valence-electron chi connectivity index (χ3n) is 3.07. The van der Waals surface area contributed by atoms with Crippen LogP contribution in [0.2, 0.25) is 0 Å². The first-order valence-electron chi connectivity index (χ1n) is 6.24. The van der Waals surface area contributed by atoms with Crippen LogP contribution >= 0.6 is 15.9 Å². The van der Waals surface area contributed by atoms with Gasteiger partial charge < -0.3 is 10.1 Å². The Bertz CT molecular complexity index is 632. The number of benzene rings is 2. The summed E-state index contributed by atoms with van der Waals surface area (Å²) in [5.41, 5.74) is 2.82. The molecule has 4 heteroatoms. The molecule has 2 aromatic carbocycles. The first-order valence-corrected chi connectivity index (χ1v) is 7.03. The lowest BCUT2D eigenvalue weighted by Gasteiger charge is -2.16. The molecule has 0 heterocycles. The second-order valence-corrected chi connectivity index (χ2v) is 5.30. The van der Waals surface area contributed by atoms with E-state index in [-0.39, 0.29) is 6.04 Å². The summed E-state index contributed by atoms with van der Waals surface area (Å²) in [6.07, 6.45) is 0. The van der Waals surface area contributed by atoms with Gasteiger partial charge in [-0.25, -0.2) is 0 Å². The Morgan fingerprint density at radius 3 is 2.45 bits per heavy atom. The summed E-state index contributed by atoms with van der Waals surface area (Å²) in [6, 6.07) is 15.7. The number of anilines is 1. The number of halogens is 1. The molecule has 0 radical (unpaired) electrons. The maximum Gasteiger partial charge on any atom is 0.133 e. The highest BCUT2D eigenvalue weighted by Crippen LogP contribution is 2.29. The molecule has 2 aromatic rings. The van der Waals surface area contributed by atoms with Gasteiger partial charge in [-0.2, -0.15) is 5.26 Å². The minimum atomic E-state index is 0.156. The molecule has 0 amide bonds. The molecule has 0 aliphatic heterocycles. The third-order valence-corrected chi connectivity index (χ3v) is 3.69. The van der Waals surface area contributed by atoms with Crippen LogP contribution in [0, 0.1) is 11.3 Å². The van der Waals surface area contributed by atoms with E-state index in [1.165, 1.54) is 0 Å². The molecule has 0 aromatic heterocycles. The first-order chi connectivity index (χ1) is 9.63. The van der Waals surface area contributed by atoms with Gasteiger partial charge in [0.2, 0.25) is 0 Å². The highest BCUT2D eigenvalue weighted by atomic mass is 79.9. The lowest BCUT2D eigenvalue weighted by Crippen LogP contribution is -2.06. The zero-order valence-electron chi connectivity index (χ0n) is 11.4. The Morgan fingerprint density at radius 1 is 1.20 bits per heavy atom. The lowest BCUT2D eigenvalue weighted by atomic mass is 10.1. The van der Waals surface area contributed by atoms with Gasteiger partial charge in [-0.1, -0.05) is 12.1 Å². The Balaban J connectivity index is 2.12. The monoisotopic (exact) mass is 330 g/mol. The summed E-state index contributed by atoms with van der Waals surface area (Å²) in [5.74, 6) is 0.807. The molecule has 1 unspecified atom stereocenters. The average molecular weight is 331 g/mol. The molecular weight excluding hydrogens is 316 g/mol. The quantitative estimate of drug-likeness (QED) is 0.897. The van der Waals surface area contributed by atoms with Crippen LogP contribution in [0.4, 0.5) is 5.69 Å². The number of ether oxygens (including phenoxy) is 1. The van der Waals surface area contributed by atoms with Crippen LogP contribution in [-0.2, 0) is 0 Å². The van der Waals surface area contributed by atoms with Crippen molar-refractivity contribution >= 4 is 21.6 Å². The lowest BCUT2D eigenvalue weighted by molar-refractivity contribution is 0.412. The molecule has 0 bridgehead atoms. The molecule has 3 nitrogen and oxygen atoms in total. The van der Waals surface area contributed by atoms with Gasteiger partial charge in [0.1, 0.15) is 5.75 Å². The first kappa shape index (κ1) is 14.4. The van der Waals surface area contributed by atoms with E-state index in [0.717, 1.165) is 21.5 Å². The Morgan fingerprint density at radius 2 is 1.90 bits per heavy atom. The van der Waals surface area contributed by atoms with Gasteiger partial charge in [0.05, 0.1) is 23.2 Å². The Hall–Kier alpha value is -1.99. The summed E-state index contributed by atoms with van der Waals surface area (Å²) in [5, 5.41) is 12.2. The van der Waals surface area contributed by atoms with Crippen molar-refractivity contribution < 1.29 is 4.74 Å². The van der Waals surface area contributed by atoms with Crippen molar-refractivity contribution in [3.8, 4) is 11.8 Å². The number of hydrogen-bond donors (Lipinski definition) is 1. The molecule has 1 atom stereocenters. The van der Waals surface area contributed by atoms with Crippen LogP contribution in [0.3, 0.4) is 0 Å². The van der Waals surface area contributed by atoms with Crippen molar-refractivity contribution in [3.05, 3.63) is 58.1 Å². The number of nitriles is 1. The van der Waals surface area contributed by atoms with Gasteiger partial charge in [0.15, 0.2) is 0 Å². The van der Waals surface area contributed by atoms with Crippen LogP contribution in [-0.4, -0.2) is 7.11 Å². The second-order valence-electron chi connectivity index (χ2n) is 4.45. The van der Waals surface area contributed by atoms with E-state index in [2.05, 4.69) is 34.2 Å². The highest BCUT2D eigenvalue weighted by Gasteiger charge is 2.07. The molecule has 102 valence electrons. The summed E-state index contributed by atoms with van der Waals surface area (Å²) in [6.45, 7) is 2.08. The van der Waals surface area contributed by atoms with Gasteiger partial charge in [0.25, 0.3) is 0 Å². The van der Waals surface area contributed by atoms with Gasteiger partial charge in [-0.15, -0.1) is 0 Å². The molecule has 0 aliphatic rings. The van der Waals surface area contributed by atoms with Gasteiger partial charge >= 0.3 is 0 Å². The van der Waals surface area contributed by atoms with Gasteiger partial charge in [0, 0.05) is 11.7 Å². The third kappa shape index (κ3) is 3.31. The molecule has 0 aliphatic carbocycles. The number of nitrogens with zero attached hydrogens (tertiary/aromatic N) is 1. The molecule has 0 saturated carbocycles. The predicted molar refractivity (Wildman–Crippen MR) is 83.9 cm³/mol. The molecular formula is C16H15BrN2O. The van der Waals surface area contributed by atoms with Crippen LogP contribution in [0.15, 0.2) is 46.9 Å². The predicted octanol–water partition coefficient (Wildman–Crippen LogP) is 4.50. The van der Waals surface area contributed by atoms with E-state index in [9.17, 15) is 0 Å². The maximum absolute atomic E-state index is 8.80. The summed E-state index contributed by atoms with van der Waals surface area (Å²) >= 11 is 3.47. The maximum atomic E-state index is 8.80. The standard InChI is InChI=1S/C16H15BrN2O/c1-11(13-5-3-12(10-18)4-6-13)19-14-7-8-16(20-2)15(17)9-14/h3-9,11,19H,1-2H3. The largest absolute Gasteiger partial charge is 0.496 e. The fourth-order valence-electron chi connectivity index (χ4n) is 1.94. The van der Waals surface area contributed by atoms with Crippen molar-refractivity contribution in [2.75, 3.05) is 12.4 Å². The molecule has 20 heavy (non-hydrogen) atoms. The zero-order valence-corrected chi connectivity index (χ0v) is 12.9. The molecule has 0 saturated heterocycles. The van der Waals surface area contributed by atoms with Crippen LogP contribution in [0.25, 0.3) is 0 Å². The van der Waals surface area contributed by atoms with Crippen molar-refractivity contribution in [1.29, 1.82) is 5.26 Å². The van der Waals surface area contributed by atoms with Crippen LogP contribution in [0.5, 0.6) is 5.75 Å². The van der Waals surface area contributed by atoms with Crippen LogP contribution < -0.4 is 10.1 Å². The van der Waals surface area contributed by atoms with Crippen molar-refractivity contribution in [2.24, 2.45) is 0 Å². The Labute approximate surface area is 127 Å². The average Bonchev–Trinajstić information content (AvgIpc) is 2.47. The smallest absolute Gasteiger partial charge is 0.133 e. The van der Waals surface area contributed by atoms with E-state index < -0.39 is 0 Å². The van der Waals surface area contributed by atoms with E-state index in [0.29, 0.717) is 5.56 Å². The molecule has 0 fully saturated rings. The van der Waals surface area contributed by atoms with Gasteiger partial charge in [-0.05, 0) is 58.7 Å². The minimum absolute atomic E-state index is 0.156. The number of nitrogens with one attached hydrogen (secondary N) is 1. The summed E-state index contributed by atoms with van der Waals surface area (Å²) < 4.78 is 6.12. The minimum Gasteiger partial charge on any atom is -0.496 e. The fourth-order valence-corrected chi connectivity index (χ4v) is 2.48.